The molecular formula is C16H35Al. The second kappa shape index (κ2) is 14.6. The van der Waals surface area contributed by atoms with Crippen LogP contribution in [-0.2, 0) is 0 Å². The van der Waals surface area contributed by atoms with Gasteiger partial charge in [-0.15, -0.1) is 0 Å². The van der Waals surface area contributed by atoms with E-state index in [-0.39, 0.29) is 2.85 Å². The van der Waals surface area contributed by atoms with Crippen LogP contribution in [0.5, 0.6) is 0 Å². The van der Waals surface area contributed by atoms with Crippen molar-refractivity contribution in [2.75, 3.05) is 0 Å². The number of rotatable bonds is 13. The summed E-state index contributed by atoms with van der Waals surface area (Å²) in [4.78, 5) is 0. The van der Waals surface area contributed by atoms with E-state index in [0.717, 1.165) is 5.92 Å². The topological polar surface area (TPSA) is 0 Å². The second-order valence-electron chi connectivity index (χ2n) is 5.51. The van der Waals surface area contributed by atoms with Gasteiger partial charge in [0.1, 0.15) is 0 Å². The zero-order valence-electron chi connectivity index (χ0n) is 14.3. The van der Waals surface area contributed by atoms with E-state index in [1.165, 1.54) is 82.3 Å². The quantitative estimate of drug-likeness (QED) is 0.274. The molecule has 1 unspecified atom stereocenters. The van der Waals surface area contributed by atoms with Crippen LogP contribution >= 0.6 is 0 Å². The molecule has 0 aliphatic carbocycles. The van der Waals surface area contributed by atoms with Gasteiger partial charge in [0, 0.05) is 0 Å². The Labute approximate surface area is 121 Å². The zero-order chi connectivity index (χ0) is 12.8. The van der Waals surface area contributed by atoms with Gasteiger partial charge in [-0.1, -0.05) is 0 Å². The van der Waals surface area contributed by atoms with Crippen LogP contribution in [0.25, 0.3) is 0 Å². The Hall–Kier alpha value is 0.532. The van der Waals surface area contributed by atoms with Gasteiger partial charge in [-0.25, -0.2) is 0 Å². The third kappa shape index (κ3) is 12.8. The molecule has 0 fully saturated rings. The standard InChI is InChI=1S/C16H33.Al.2H/c1-4-6-8-10-11-13-15-16(3)14-12-9-7-5-2;;;/h16H,3-15H2,1-2H3;;;/q;+2;2*-1. The largest absolute Gasteiger partial charge is 1.00 e. The van der Waals surface area contributed by atoms with E-state index in [0.29, 0.717) is 0 Å². The molecule has 0 aromatic heterocycles. The van der Waals surface area contributed by atoms with E-state index in [9.17, 15) is 0 Å². The van der Waals surface area contributed by atoms with Gasteiger partial charge in [-0.2, -0.15) is 0 Å². The zero-order valence-corrected chi connectivity index (χ0v) is 13.5. The van der Waals surface area contributed by atoms with Crippen LogP contribution in [0.2, 0.25) is 5.28 Å². The van der Waals surface area contributed by atoms with E-state index in [1.54, 1.807) is 0 Å². The normalized spacial score (nSPS) is 12.9. The van der Waals surface area contributed by atoms with Gasteiger partial charge in [-0.05, 0) is 0 Å². The maximum absolute atomic E-state index is 2.96. The summed E-state index contributed by atoms with van der Waals surface area (Å²) in [6.07, 6.45) is 17.3. The van der Waals surface area contributed by atoms with E-state index < -0.39 is 0 Å². The van der Waals surface area contributed by atoms with Crippen molar-refractivity contribution < 1.29 is 2.85 Å². The molecule has 17 heavy (non-hydrogen) atoms. The molecule has 1 heteroatoms. The molecule has 0 amide bonds. The van der Waals surface area contributed by atoms with Gasteiger partial charge in [-0.3, -0.25) is 0 Å². The summed E-state index contributed by atoms with van der Waals surface area (Å²) >= 11 is 2.96. The first-order valence-corrected chi connectivity index (χ1v) is 8.86. The van der Waals surface area contributed by atoms with Crippen molar-refractivity contribution in [1.29, 1.82) is 0 Å². The van der Waals surface area contributed by atoms with Gasteiger partial charge >= 0.3 is 118 Å². The van der Waals surface area contributed by atoms with Crippen molar-refractivity contribution in [2.45, 2.75) is 96.2 Å². The minimum atomic E-state index is 0. The van der Waals surface area contributed by atoms with Crippen LogP contribution in [-0.4, -0.2) is 16.3 Å². The van der Waals surface area contributed by atoms with Crippen molar-refractivity contribution in [2.24, 2.45) is 5.92 Å². The molecule has 0 rings (SSSR count). The Bertz CT molecular complexity index is 143. The predicted molar refractivity (Wildman–Crippen MR) is 83.0 cm³/mol. The Morgan fingerprint density at radius 1 is 0.706 bits per heavy atom. The Morgan fingerprint density at radius 3 is 1.59 bits per heavy atom. The molecule has 0 radical (unpaired) electrons. The average molecular weight is 254 g/mol. The van der Waals surface area contributed by atoms with Crippen LogP contribution in [0, 0.1) is 5.92 Å². The minimum Gasteiger partial charge on any atom is -1.00 e. The molecule has 102 valence electrons. The summed E-state index contributed by atoms with van der Waals surface area (Å²) in [5, 5.41) is 1.32. The van der Waals surface area contributed by atoms with Gasteiger partial charge in [0.2, 0.25) is 0 Å². The summed E-state index contributed by atoms with van der Waals surface area (Å²) in [7, 11) is 0. The van der Waals surface area contributed by atoms with E-state index >= 15 is 0 Å². The fourth-order valence-corrected chi connectivity index (χ4v) is 2.92. The molecule has 0 bridgehead atoms. The Morgan fingerprint density at radius 2 is 1.12 bits per heavy atom. The maximum Gasteiger partial charge on any atom is -1.00 e. The van der Waals surface area contributed by atoms with Gasteiger partial charge in [0.25, 0.3) is 0 Å². The minimum absolute atomic E-state index is 0. The van der Waals surface area contributed by atoms with Crippen LogP contribution in [0.3, 0.4) is 0 Å². The van der Waals surface area contributed by atoms with Crippen LogP contribution in [0.4, 0.5) is 0 Å². The molecular weight excluding hydrogens is 219 g/mol. The molecule has 1 atom stereocenters. The maximum atomic E-state index is 2.96. The molecule has 0 saturated carbocycles. The SMILES string of the molecule is CCCCCCCCC([CH2][Al+2])CCCCCC.[H-].[H-]. The monoisotopic (exact) mass is 254 g/mol. The molecule has 0 heterocycles. The van der Waals surface area contributed by atoms with Crippen LogP contribution < -0.4 is 0 Å². The van der Waals surface area contributed by atoms with Crippen molar-refractivity contribution in [3.63, 3.8) is 0 Å². The van der Waals surface area contributed by atoms with Crippen molar-refractivity contribution in [3.8, 4) is 0 Å². The van der Waals surface area contributed by atoms with Crippen molar-refractivity contribution >= 4 is 16.3 Å². The summed E-state index contributed by atoms with van der Waals surface area (Å²) in [5.74, 6) is 0.989. The van der Waals surface area contributed by atoms with E-state index in [1.807, 2.05) is 0 Å². The number of hydrogen-bond acceptors (Lipinski definition) is 0. The average Bonchev–Trinajstić information content (AvgIpc) is 2.36. The Balaban J connectivity index is -0.00000128. The summed E-state index contributed by atoms with van der Waals surface area (Å²) in [5.41, 5.74) is 0. The van der Waals surface area contributed by atoms with Gasteiger partial charge in [0.15, 0.2) is 0 Å². The predicted octanol–water partition coefficient (Wildman–Crippen LogP) is 6.14. The smallest absolute Gasteiger partial charge is 1.00 e. The first kappa shape index (κ1) is 17.5. The van der Waals surface area contributed by atoms with Crippen molar-refractivity contribution in [1.82, 2.24) is 0 Å². The molecule has 0 saturated heterocycles. The number of hydrogen-bond donors (Lipinski definition) is 0. The van der Waals surface area contributed by atoms with Crippen molar-refractivity contribution in [3.05, 3.63) is 0 Å². The van der Waals surface area contributed by atoms with Crippen LogP contribution in [0.15, 0.2) is 0 Å². The molecule has 0 aromatic carbocycles. The summed E-state index contributed by atoms with van der Waals surface area (Å²) in [6, 6.07) is 0. The van der Waals surface area contributed by atoms with E-state index in [2.05, 4.69) is 30.1 Å². The first-order valence-electron chi connectivity index (χ1n) is 8.05. The second-order valence-corrected chi connectivity index (χ2v) is 5.98. The number of unbranched alkanes of at least 4 members (excludes halogenated alkanes) is 8. The first-order chi connectivity index (χ1) is 8.35. The fourth-order valence-electron chi connectivity index (χ4n) is 2.45. The third-order valence-electron chi connectivity index (χ3n) is 3.77. The van der Waals surface area contributed by atoms with Crippen LogP contribution in [0.1, 0.15) is 93.8 Å². The molecule has 0 spiro atoms. The Kier molecular flexibility index (Phi) is 15.1. The third-order valence-corrected chi connectivity index (χ3v) is 4.43. The molecule has 0 nitrogen and oxygen atoms in total. The summed E-state index contributed by atoms with van der Waals surface area (Å²) in [6.45, 7) is 4.59. The summed E-state index contributed by atoms with van der Waals surface area (Å²) < 4.78 is 0. The fraction of sp³-hybridized carbons (Fsp3) is 1.00. The molecule has 0 aliphatic rings. The molecule has 0 N–H and O–H groups in total. The van der Waals surface area contributed by atoms with Gasteiger partial charge in [0.05, 0.1) is 0 Å². The van der Waals surface area contributed by atoms with E-state index in [4.69, 9.17) is 0 Å². The molecule has 0 aliphatic heterocycles. The molecule has 0 aromatic rings. The van der Waals surface area contributed by atoms with Gasteiger partial charge < -0.3 is 2.85 Å².